The fraction of sp³-hybridized carbons (Fsp3) is 0.286. The zero-order valence-corrected chi connectivity index (χ0v) is 21.1. The summed E-state index contributed by atoms with van der Waals surface area (Å²) in [5.74, 6) is 0.0175. The van der Waals surface area contributed by atoms with E-state index in [4.69, 9.17) is 0 Å². The minimum atomic E-state index is -3.75. The van der Waals surface area contributed by atoms with Crippen molar-refractivity contribution in [3.05, 3.63) is 89.1 Å². The highest BCUT2D eigenvalue weighted by atomic mass is 32.2. The molecule has 7 nitrogen and oxygen atoms in total. The summed E-state index contributed by atoms with van der Waals surface area (Å²) in [7, 11) is 0.170. The molecular formula is C28H28N4O3S. The first-order valence-corrected chi connectivity index (χ1v) is 13.6. The second-order valence-corrected chi connectivity index (χ2v) is 11.9. The average molecular weight is 501 g/mol. The number of hydrogen-bond donors (Lipinski definition) is 0. The molecule has 36 heavy (non-hydrogen) atoms. The van der Waals surface area contributed by atoms with Crippen LogP contribution >= 0.6 is 0 Å². The molecule has 1 saturated heterocycles. The number of piperidine rings is 1. The van der Waals surface area contributed by atoms with E-state index in [1.807, 2.05) is 72.1 Å². The number of pyridine rings is 2. The Morgan fingerprint density at radius 3 is 2.50 bits per heavy atom. The van der Waals surface area contributed by atoms with Crippen molar-refractivity contribution in [2.45, 2.75) is 23.8 Å². The summed E-state index contributed by atoms with van der Waals surface area (Å²) in [5.41, 5.74) is 3.75. The maximum absolute atomic E-state index is 14.1. The van der Waals surface area contributed by atoms with E-state index in [1.54, 1.807) is 28.8 Å². The average Bonchev–Trinajstić information content (AvgIpc) is 2.88. The molecule has 2 aliphatic heterocycles. The third-order valence-electron chi connectivity index (χ3n) is 7.49. The molecule has 0 unspecified atom stereocenters. The molecule has 184 valence electrons. The lowest BCUT2D eigenvalue weighted by Crippen LogP contribution is -2.49. The molecule has 2 aromatic heterocycles. The van der Waals surface area contributed by atoms with E-state index in [-0.39, 0.29) is 17.4 Å². The molecule has 0 aliphatic carbocycles. The van der Waals surface area contributed by atoms with E-state index in [0.717, 1.165) is 39.7 Å². The number of aromatic nitrogens is 2. The minimum Gasteiger partial charge on any atom is -0.377 e. The Hall–Kier alpha value is -3.49. The van der Waals surface area contributed by atoms with Crippen LogP contribution in [-0.2, 0) is 16.6 Å². The van der Waals surface area contributed by atoms with Gasteiger partial charge in [0.15, 0.2) is 0 Å². The maximum Gasteiger partial charge on any atom is 0.250 e. The van der Waals surface area contributed by atoms with Gasteiger partial charge in [0.1, 0.15) is 0 Å². The first kappa shape index (κ1) is 22.9. The molecule has 2 aromatic carbocycles. The zero-order valence-electron chi connectivity index (χ0n) is 20.3. The SMILES string of the molecule is CN(C)c1cccc2c(S(=O)(=O)N3C[C@@H]4C[C@H](C3)c3c(-c5cccnc5)ccc(=O)n3C4)cccc12. The Labute approximate surface area is 210 Å². The number of nitrogens with zero attached hydrogens (tertiary/aromatic N) is 4. The van der Waals surface area contributed by atoms with Crippen molar-refractivity contribution in [1.29, 1.82) is 0 Å². The molecule has 4 aromatic rings. The van der Waals surface area contributed by atoms with Crippen LogP contribution in [0.2, 0.25) is 0 Å². The van der Waals surface area contributed by atoms with Crippen LogP contribution in [0.25, 0.3) is 21.9 Å². The van der Waals surface area contributed by atoms with Crippen LogP contribution in [-0.4, -0.2) is 49.5 Å². The van der Waals surface area contributed by atoms with Crippen LogP contribution in [0.4, 0.5) is 5.69 Å². The molecule has 0 saturated carbocycles. The van der Waals surface area contributed by atoms with Gasteiger partial charge in [-0.2, -0.15) is 4.31 Å². The number of benzene rings is 2. The Balaban J connectivity index is 1.44. The highest BCUT2D eigenvalue weighted by Gasteiger charge is 2.41. The fourth-order valence-corrected chi connectivity index (χ4v) is 7.72. The van der Waals surface area contributed by atoms with Gasteiger partial charge in [-0.3, -0.25) is 9.78 Å². The topological polar surface area (TPSA) is 75.5 Å². The summed E-state index contributed by atoms with van der Waals surface area (Å²) in [4.78, 5) is 19.4. The van der Waals surface area contributed by atoms with Crippen molar-refractivity contribution in [3.63, 3.8) is 0 Å². The highest BCUT2D eigenvalue weighted by Crippen LogP contribution is 2.42. The van der Waals surface area contributed by atoms with Gasteiger partial charge in [-0.05, 0) is 36.6 Å². The second kappa shape index (κ2) is 8.57. The predicted octanol–water partition coefficient (Wildman–Crippen LogP) is 3.94. The van der Waals surface area contributed by atoms with Gasteiger partial charge >= 0.3 is 0 Å². The summed E-state index contributed by atoms with van der Waals surface area (Å²) in [6, 6.07) is 18.6. The normalized spacial score (nSPS) is 19.7. The van der Waals surface area contributed by atoms with Gasteiger partial charge in [-0.15, -0.1) is 0 Å². The molecule has 0 amide bonds. The lowest BCUT2D eigenvalue weighted by atomic mass is 9.81. The van der Waals surface area contributed by atoms with Crippen LogP contribution in [0.3, 0.4) is 0 Å². The van der Waals surface area contributed by atoms with Crippen molar-refractivity contribution >= 4 is 26.5 Å². The van der Waals surface area contributed by atoms with E-state index in [9.17, 15) is 13.2 Å². The summed E-state index contributed by atoms with van der Waals surface area (Å²) in [6.07, 6.45) is 4.38. The Morgan fingerprint density at radius 1 is 0.917 bits per heavy atom. The van der Waals surface area contributed by atoms with E-state index in [1.165, 1.54) is 0 Å². The standard InChI is InChI=1S/C28H28N4O3S/c1-30(2)25-9-3-8-24-23(25)7-4-10-26(24)36(34,35)31-16-19-14-21(18-31)28-22(20-6-5-13-29-15-20)11-12-27(33)32(28)17-19/h3-13,15,19,21H,14,16-18H2,1-2H3/t19-,21+/m0/s1. The van der Waals surface area contributed by atoms with Crippen molar-refractivity contribution in [2.24, 2.45) is 5.92 Å². The molecule has 2 atom stereocenters. The largest absolute Gasteiger partial charge is 0.377 e. The fourth-order valence-electron chi connectivity index (χ4n) is 5.95. The Bertz CT molecular complexity index is 1630. The van der Waals surface area contributed by atoms with Crippen molar-refractivity contribution in [2.75, 3.05) is 32.1 Å². The van der Waals surface area contributed by atoms with E-state index < -0.39 is 10.0 Å². The van der Waals surface area contributed by atoms with Gasteiger partial charge in [0.05, 0.1) is 4.90 Å². The molecule has 0 spiro atoms. The summed E-state index contributed by atoms with van der Waals surface area (Å²) in [5, 5.41) is 1.64. The first-order chi connectivity index (χ1) is 17.3. The third-order valence-corrected chi connectivity index (χ3v) is 9.38. The molecule has 2 aliphatic rings. The monoisotopic (exact) mass is 500 g/mol. The van der Waals surface area contributed by atoms with E-state index >= 15 is 0 Å². The number of sulfonamides is 1. The summed E-state index contributed by atoms with van der Waals surface area (Å²) >= 11 is 0. The van der Waals surface area contributed by atoms with Crippen LogP contribution in [0.1, 0.15) is 18.0 Å². The van der Waals surface area contributed by atoms with Gasteiger partial charge in [0.25, 0.3) is 5.56 Å². The highest BCUT2D eigenvalue weighted by molar-refractivity contribution is 7.89. The van der Waals surface area contributed by atoms with Gasteiger partial charge in [-0.1, -0.05) is 30.3 Å². The van der Waals surface area contributed by atoms with E-state index in [0.29, 0.717) is 24.5 Å². The summed E-state index contributed by atoms with van der Waals surface area (Å²) < 4.78 is 31.7. The molecule has 1 fully saturated rings. The third kappa shape index (κ3) is 3.63. The molecule has 6 rings (SSSR count). The summed E-state index contributed by atoms with van der Waals surface area (Å²) in [6.45, 7) is 1.27. The number of anilines is 1. The zero-order chi connectivity index (χ0) is 25.0. The molecular weight excluding hydrogens is 472 g/mol. The molecule has 8 heteroatoms. The van der Waals surface area contributed by atoms with Crippen LogP contribution in [0, 0.1) is 5.92 Å². The number of fused-ring (bicyclic) bond motifs is 5. The molecule has 0 N–H and O–H groups in total. The lowest BCUT2D eigenvalue weighted by molar-refractivity contribution is 0.187. The predicted molar refractivity (Wildman–Crippen MR) is 142 cm³/mol. The van der Waals surface area contributed by atoms with Gasteiger partial charge in [0, 0.05) is 91.4 Å². The Kier molecular flexibility index (Phi) is 5.46. The van der Waals surface area contributed by atoms with Crippen molar-refractivity contribution < 1.29 is 8.42 Å². The number of hydrogen-bond acceptors (Lipinski definition) is 5. The van der Waals surface area contributed by atoms with Gasteiger partial charge < -0.3 is 9.47 Å². The minimum absolute atomic E-state index is 0.0334. The van der Waals surface area contributed by atoms with Gasteiger partial charge in [0.2, 0.25) is 10.0 Å². The smallest absolute Gasteiger partial charge is 0.250 e. The molecule has 4 heterocycles. The number of rotatable bonds is 4. The molecule has 0 radical (unpaired) electrons. The van der Waals surface area contributed by atoms with Crippen LogP contribution in [0.5, 0.6) is 0 Å². The van der Waals surface area contributed by atoms with Crippen molar-refractivity contribution in [3.8, 4) is 11.1 Å². The van der Waals surface area contributed by atoms with Crippen LogP contribution < -0.4 is 10.5 Å². The second-order valence-electron chi connectivity index (χ2n) is 9.97. The van der Waals surface area contributed by atoms with Crippen LogP contribution in [0.15, 0.2) is 82.7 Å². The molecule has 2 bridgehead atoms. The quantitative estimate of drug-likeness (QED) is 0.424. The maximum atomic E-state index is 14.1. The Morgan fingerprint density at radius 2 is 1.72 bits per heavy atom. The first-order valence-electron chi connectivity index (χ1n) is 12.2. The van der Waals surface area contributed by atoms with Gasteiger partial charge in [-0.25, -0.2) is 8.42 Å². The van der Waals surface area contributed by atoms with Crippen molar-refractivity contribution in [1.82, 2.24) is 13.9 Å². The van der Waals surface area contributed by atoms with E-state index in [2.05, 4.69) is 4.98 Å². The lowest BCUT2D eigenvalue weighted by Gasteiger charge is -2.43.